The number of nitrogens with two attached hydrogens (primary N) is 2. The van der Waals surface area contributed by atoms with E-state index in [1.54, 1.807) is 10.7 Å². The van der Waals surface area contributed by atoms with Gasteiger partial charge in [0.15, 0.2) is 0 Å². The van der Waals surface area contributed by atoms with Crippen molar-refractivity contribution in [3.8, 4) is 17.1 Å². The molecule has 4 N–H and O–H groups in total. The molecule has 0 amide bonds. The molecule has 2 aromatic heterocycles. The fraction of sp³-hybridized carbons (Fsp3) is 0.400. The van der Waals surface area contributed by atoms with Gasteiger partial charge in [-0.15, -0.1) is 13.2 Å². The van der Waals surface area contributed by atoms with Crippen LogP contribution in [0.15, 0.2) is 60.7 Å². The van der Waals surface area contributed by atoms with Gasteiger partial charge >= 0.3 is 6.36 Å². The number of halogens is 3. The van der Waals surface area contributed by atoms with Crippen molar-refractivity contribution < 1.29 is 17.9 Å². The standard InChI is InChI=1S/C15H18F3N3O.C15H21N3/c1-14(2,3)13-8-11(9-19)21(20-13)10-5-4-6-12(7-10)22-15(16,17)18;1-11-6-5-7-12(8-11)18-13(10-16)9-14(17-18)15(2,3)4/h4-8H,9,19H2,1-3H3;5-9H,10,16H2,1-4H3. The SMILES string of the molecule is CC(C)(C)c1cc(CN)n(-c2cccc(OC(F)(F)F)c2)n1.Cc1cccc(-n2nc(C(C)(C)C)cc2CN)c1. The summed E-state index contributed by atoms with van der Waals surface area (Å²) in [6.07, 6.45) is -4.73. The first kappa shape index (κ1) is 30.9. The van der Waals surface area contributed by atoms with E-state index >= 15 is 0 Å². The molecular weight excluding hydrogens is 517 g/mol. The number of aromatic nitrogens is 4. The van der Waals surface area contributed by atoms with Crippen molar-refractivity contribution in [1.82, 2.24) is 19.6 Å². The third-order valence-electron chi connectivity index (χ3n) is 6.06. The molecule has 0 radical (unpaired) electrons. The molecule has 7 nitrogen and oxygen atoms in total. The monoisotopic (exact) mass is 556 g/mol. The van der Waals surface area contributed by atoms with Gasteiger partial charge in [-0.3, -0.25) is 0 Å². The predicted octanol–water partition coefficient (Wildman–Crippen LogP) is 6.46. The van der Waals surface area contributed by atoms with E-state index in [2.05, 4.69) is 61.8 Å². The maximum Gasteiger partial charge on any atom is 0.573 e. The molecule has 2 aromatic carbocycles. The minimum atomic E-state index is -4.73. The molecule has 0 unspecified atom stereocenters. The van der Waals surface area contributed by atoms with Gasteiger partial charge in [-0.25, -0.2) is 9.36 Å². The Morgan fingerprint density at radius 1 is 0.700 bits per heavy atom. The van der Waals surface area contributed by atoms with Gasteiger partial charge in [-0.1, -0.05) is 59.7 Å². The summed E-state index contributed by atoms with van der Waals surface area (Å²) in [7, 11) is 0. The summed E-state index contributed by atoms with van der Waals surface area (Å²) in [5.74, 6) is -0.291. The highest BCUT2D eigenvalue weighted by atomic mass is 19.4. The molecule has 4 rings (SSSR count). The quantitative estimate of drug-likeness (QED) is 0.294. The number of hydrogen-bond acceptors (Lipinski definition) is 5. The van der Waals surface area contributed by atoms with E-state index in [-0.39, 0.29) is 23.1 Å². The Kier molecular flexibility index (Phi) is 9.16. The van der Waals surface area contributed by atoms with Gasteiger partial charge in [0, 0.05) is 30.0 Å². The second-order valence-electron chi connectivity index (χ2n) is 11.7. The van der Waals surface area contributed by atoms with Gasteiger partial charge in [0.05, 0.1) is 34.2 Å². The zero-order valence-electron chi connectivity index (χ0n) is 24.2. The number of alkyl halides is 3. The van der Waals surface area contributed by atoms with Crippen molar-refractivity contribution in [3.63, 3.8) is 0 Å². The molecular formula is C30H39F3N6O. The third-order valence-corrected chi connectivity index (χ3v) is 6.06. The Morgan fingerprint density at radius 3 is 1.55 bits per heavy atom. The molecule has 216 valence electrons. The van der Waals surface area contributed by atoms with E-state index in [4.69, 9.17) is 16.6 Å². The fourth-order valence-corrected chi connectivity index (χ4v) is 3.88. The molecule has 0 aliphatic rings. The molecule has 40 heavy (non-hydrogen) atoms. The number of hydrogen-bond donors (Lipinski definition) is 2. The summed E-state index contributed by atoms with van der Waals surface area (Å²) >= 11 is 0. The van der Waals surface area contributed by atoms with E-state index in [0.717, 1.165) is 22.8 Å². The van der Waals surface area contributed by atoms with Crippen molar-refractivity contribution in [2.24, 2.45) is 11.5 Å². The molecule has 4 aromatic rings. The molecule has 0 saturated heterocycles. The minimum absolute atomic E-state index is 0.0407. The molecule has 0 spiro atoms. The van der Waals surface area contributed by atoms with Gasteiger partial charge < -0.3 is 16.2 Å². The molecule has 10 heteroatoms. The Labute approximate surface area is 233 Å². The maximum absolute atomic E-state index is 12.3. The van der Waals surface area contributed by atoms with Crippen LogP contribution in [0.5, 0.6) is 5.75 Å². The summed E-state index contributed by atoms with van der Waals surface area (Å²) < 4.78 is 44.4. The van der Waals surface area contributed by atoms with Crippen molar-refractivity contribution in [2.45, 2.75) is 78.7 Å². The second-order valence-corrected chi connectivity index (χ2v) is 11.7. The van der Waals surface area contributed by atoms with Crippen LogP contribution >= 0.6 is 0 Å². The summed E-state index contributed by atoms with van der Waals surface area (Å²) in [5.41, 5.74) is 17.8. The lowest BCUT2D eigenvalue weighted by Crippen LogP contribution is -2.17. The van der Waals surface area contributed by atoms with Crippen LogP contribution in [0.1, 0.15) is 69.9 Å². The largest absolute Gasteiger partial charge is 0.573 e. The molecule has 0 atom stereocenters. The van der Waals surface area contributed by atoms with E-state index in [1.807, 2.05) is 37.6 Å². The highest BCUT2D eigenvalue weighted by molar-refractivity contribution is 5.41. The first-order valence-electron chi connectivity index (χ1n) is 13.0. The van der Waals surface area contributed by atoms with Crippen molar-refractivity contribution in [2.75, 3.05) is 0 Å². The summed E-state index contributed by atoms with van der Waals surface area (Å²) in [6.45, 7) is 15.3. The number of rotatable bonds is 5. The first-order valence-corrected chi connectivity index (χ1v) is 13.0. The number of aryl methyl sites for hydroxylation is 1. The minimum Gasteiger partial charge on any atom is -0.406 e. The van der Waals surface area contributed by atoms with Crippen LogP contribution in [0.4, 0.5) is 13.2 Å². The zero-order chi connectivity index (χ0) is 29.9. The highest BCUT2D eigenvalue weighted by Gasteiger charge is 2.31. The van der Waals surface area contributed by atoms with E-state index < -0.39 is 6.36 Å². The normalized spacial score (nSPS) is 12.2. The van der Waals surface area contributed by atoms with Gasteiger partial charge in [-0.2, -0.15) is 10.2 Å². The molecule has 0 bridgehead atoms. The number of nitrogens with zero attached hydrogens (tertiary/aromatic N) is 4. The molecule has 0 aliphatic heterocycles. The van der Waals surface area contributed by atoms with Crippen molar-refractivity contribution >= 4 is 0 Å². The van der Waals surface area contributed by atoms with Crippen LogP contribution in [0.25, 0.3) is 11.4 Å². The predicted molar refractivity (Wildman–Crippen MR) is 152 cm³/mol. The lowest BCUT2D eigenvalue weighted by atomic mass is 9.92. The van der Waals surface area contributed by atoms with Gasteiger partial charge in [0.1, 0.15) is 5.75 Å². The highest BCUT2D eigenvalue weighted by Crippen LogP contribution is 2.28. The Morgan fingerprint density at radius 2 is 1.15 bits per heavy atom. The Bertz CT molecular complexity index is 1420. The van der Waals surface area contributed by atoms with Gasteiger partial charge in [0.2, 0.25) is 0 Å². The molecule has 0 saturated carbocycles. The van der Waals surface area contributed by atoms with Gasteiger partial charge in [-0.05, 0) is 48.9 Å². The zero-order valence-corrected chi connectivity index (χ0v) is 24.2. The smallest absolute Gasteiger partial charge is 0.406 e. The number of benzene rings is 2. The molecule has 0 aliphatic carbocycles. The third kappa shape index (κ3) is 7.95. The maximum atomic E-state index is 12.3. The van der Waals surface area contributed by atoms with Crippen LogP contribution in [0, 0.1) is 6.92 Å². The molecule has 2 heterocycles. The lowest BCUT2D eigenvalue weighted by Gasteiger charge is -2.14. The van der Waals surface area contributed by atoms with Gasteiger partial charge in [0.25, 0.3) is 0 Å². The van der Waals surface area contributed by atoms with Crippen LogP contribution < -0.4 is 16.2 Å². The van der Waals surface area contributed by atoms with Crippen LogP contribution in [0.2, 0.25) is 0 Å². The fourth-order valence-electron chi connectivity index (χ4n) is 3.88. The van der Waals surface area contributed by atoms with E-state index in [1.165, 1.54) is 23.8 Å². The van der Waals surface area contributed by atoms with Crippen LogP contribution in [-0.2, 0) is 23.9 Å². The van der Waals surface area contributed by atoms with Crippen LogP contribution in [0.3, 0.4) is 0 Å². The number of ether oxygens (including phenoxy) is 1. The average molecular weight is 557 g/mol. The Hall–Kier alpha value is -3.63. The Balaban J connectivity index is 0.000000225. The topological polar surface area (TPSA) is 96.9 Å². The first-order chi connectivity index (χ1) is 18.5. The summed E-state index contributed by atoms with van der Waals surface area (Å²) in [4.78, 5) is 0. The van der Waals surface area contributed by atoms with E-state index in [9.17, 15) is 13.2 Å². The average Bonchev–Trinajstić information content (AvgIpc) is 3.48. The van der Waals surface area contributed by atoms with Crippen LogP contribution in [-0.4, -0.2) is 25.9 Å². The summed E-state index contributed by atoms with van der Waals surface area (Å²) in [6, 6.07) is 17.9. The summed E-state index contributed by atoms with van der Waals surface area (Å²) in [5, 5.41) is 9.16. The molecule has 0 fully saturated rings. The van der Waals surface area contributed by atoms with E-state index in [0.29, 0.717) is 17.9 Å². The second kappa shape index (κ2) is 11.9. The van der Waals surface area contributed by atoms with Crippen molar-refractivity contribution in [1.29, 1.82) is 0 Å². The van der Waals surface area contributed by atoms with Crippen molar-refractivity contribution in [3.05, 3.63) is 89.0 Å². The lowest BCUT2D eigenvalue weighted by molar-refractivity contribution is -0.274.